The molecule has 0 heterocycles. The minimum Gasteiger partial charge on any atom is -0.374 e. The molecule has 0 spiro atoms. The normalized spacial score (nSPS) is 13.8. The maximum atomic E-state index is 5.81. The van der Waals surface area contributed by atoms with Gasteiger partial charge in [-0.1, -0.05) is 6.92 Å². The van der Waals surface area contributed by atoms with Crippen molar-refractivity contribution in [2.45, 2.75) is 52.7 Å². The maximum absolute atomic E-state index is 5.81. The van der Waals surface area contributed by atoms with E-state index >= 15 is 0 Å². The van der Waals surface area contributed by atoms with Crippen LogP contribution in [-0.2, 0) is 13.3 Å². The fraction of sp³-hybridized carbons (Fsp3) is 1.00. The molecule has 6 heteroatoms. The fourth-order valence-electron chi connectivity index (χ4n) is 1.74. The summed E-state index contributed by atoms with van der Waals surface area (Å²) in [5.74, 6) is 0. The van der Waals surface area contributed by atoms with E-state index in [1.807, 2.05) is 20.8 Å². The predicted molar refractivity (Wildman–Crippen MR) is 76.3 cm³/mol. The van der Waals surface area contributed by atoms with Crippen LogP contribution in [-0.4, -0.2) is 41.3 Å². The van der Waals surface area contributed by atoms with Gasteiger partial charge in [0.05, 0.1) is 6.17 Å². The second kappa shape index (κ2) is 10.9. The third kappa shape index (κ3) is 7.45. The van der Waals surface area contributed by atoms with Crippen molar-refractivity contribution in [3.63, 3.8) is 0 Å². The van der Waals surface area contributed by atoms with E-state index in [0.29, 0.717) is 19.8 Å². The van der Waals surface area contributed by atoms with Gasteiger partial charge in [0.25, 0.3) is 0 Å². The van der Waals surface area contributed by atoms with Gasteiger partial charge in [-0.25, -0.2) is 0 Å². The second-order valence-electron chi connectivity index (χ2n) is 4.05. The first-order valence-corrected chi connectivity index (χ1v) is 8.98. The van der Waals surface area contributed by atoms with Crippen LogP contribution < -0.4 is 11.1 Å². The maximum Gasteiger partial charge on any atom is 0.500 e. The zero-order valence-electron chi connectivity index (χ0n) is 12.3. The van der Waals surface area contributed by atoms with E-state index in [1.54, 1.807) is 0 Å². The van der Waals surface area contributed by atoms with E-state index in [9.17, 15) is 0 Å². The van der Waals surface area contributed by atoms with Crippen molar-refractivity contribution in [3.8, 4) is 0 Å². The van der Waals surface area contributed by atoms with Gasteiger partial charge in [0.15, 0.2) is 0 Å². The van der Waals surface area contributed by atoms with Gasteiger partial charge < -0.3 is 24.3 Å². The predicted octanol–water partition coefficient (Wildman–Crippen LogP) is 1.71. The molecule has 0 fully saturated rings. The highest BCUT2D eigenvalue weighted by Crippen LogP contribution is 2.17. The summed E-state index contributed by atoms with van der Waals surface area (Å²) in [4.78, 5) is 0. The van der Waals surface area contributed by atoms with Crippen LogP contribution in [0.2, 0.25) is 6.04 Å². The lowest BCUT2D eigenvalue weighted by Crippen LogP contribution is -2.46. The van der Waals surface area contributed by atoms with Gasteiger partial charge in [0.1, 0.15) is 0 Å². The summed E-state index contributed by atoms with van der Waals surface area (Å²) in [5.41, 5.74) is 5.81. The van der Waals surface area contributed by atoms with E-state index < -0.39 is 8.80 Å². The van der Waals surface area contributed by atoms with Gasteiger partial charge in [0.2, 0.25) is 0 Å². The van der Waals surface area contributed by atoms with Crippen molar-refractivity contribution in [1.29, 1.82) is 0 Å². The Morgan fingerprint density at radius 2 is 1.50 bits per heavy atom. The van der Waals surface area contributed by atoms with E-state index in [4.69, 9.17) is 19.0 Å². The molecule has 0 aromatic heterocycles. The van der Waals surface area contributed by atoms with Crippen molar-refractivity contribution >= 4 is 8.80 Å². The summed E-state index contributed by atoms with van der Waals surface area (Å²) in [6.07, 6.45) is 1.97. The number of nitrogens with two attached hydrogens (primary N) is 1. The standard InChI is InChI=1S/C12H30N2O3Si/c1-5-12(13)14-10-9-11-18(15-6-2,16-7-3)17-8-4/h12,14H,5-11,13H2,1-4H3. The van der Waals surface area contributed by atoms with Gasteiger partial charge in [-0.2, -0.15) is 0 Å². The molecular weight excluding hydrogens is 248 g/mol. The van der Waals surface area contributed by atoms with E-state index in [1.165, 1.54) is 0 Å². The molecule has 0 aliphatic heterocycles. The first-order valence-electron chi connectivity index (χ1n) is 7.04. The zero-order chi connectivity index (χ0) is 13.9. The average Bonchev–Trinajstić information content (AvgIpc) is 2.35. The first kappa shape index (κ1) is 18.0. The lowest BCUT2D eigenvalue weighted by atomic mass is 10.3. The number of hydrogen-bond donors (Lipinski definition) is 2. The van der Waals surface area contributed by atoms with E-state index in [2.05, 4.69) is 12.2 Å². The smallest absolute Gasteiger partial charge is 0.374 e. The molecule has 0 bridgehead atoms. The van der Waals surface area contributed by atoms with E-state index in [-0.39, 0.29) is 6.17 Å². The highest BCUT2D eigenvalue weighted by Gasteiger charge is 2.39. The van der Waals surface area contributed by atoms with Crippen molar-refractivity contribution in [1.82, 2.24) is 5.32 Å². The van der Waals surface area contributed by atoms with E-state index in [0.717, 1.165) is 25.4 Å². The van der Waals surface area contributed by atoms with Crippen LogP contribution in [0.1, 0.15) is 40.5 Å². The monoisotopic (exact) mass is 278 g/mol. The molecule has 0 amide bonds. The molecule has 0 aromatic carbocycles. The molecule has 0 aromatic rings. The topological polar surface area (TPSA) is 65.7 Å². The molecular formula is C12H30N2O3Si. The summed E-state index contributed by atoms with van der Waals surface area (Å²) >= 11 is 0. The minimum absolute atomic E-state index is 0.0762. The molecule has 0 radical (unpaired) electrons. The van der Waals surface area contributed by atoms with Crippen LogP contribution in [0.5, 0.6) is 0 Å². The van der Waals surface area contributed by atoms with Crippen molar-refractivity contribution in [2.24, 2.45) is 5.73 Å². The number of rotatable bonds is 12. The first-order chi connectivity index (χ1) is 8.64. The molecule has 3 N–H and O–H groups in total. The third-order valence-corrected chi connectivity index (χ3v) is 5.75. The largest absolute Gasteiger partial charge is 0.500 e. The fourth-order valence-corrected chi connectivity index (χ4v) is 4.35. The highest BCUT2D eigenvalue weighted by molar-refractivity contribution is 6.60. The molecule has 0 rings (SSSR count). The average molecular weight is 278 g/mol. The molecule has 1 atom stereocenters. The number of nitrogens with one attached hydrogen (secondary N) is 1. The Morgan fingerprint density at radius 3 is 1.89 bits per heavy atom. The Bertz CT molecular complexity index is 179. The summed E-state index contributed by atoms with van der Waals surface area (Å²) in [7, 11) is -2.46. The number of hydrogen-bond acceptors (Lipinski definition) is 5. The van der Waals surface area contributed by atoms with Crippen LogP contribution in [0.15, 0.2) is 0 Å². The summed E-state index contributed by atoms with van der Waals surface area (Å²) in [5, 5.41) is 3.26. The molecule has 0 saturated carbocycles. The van der Waals surface area contributed by atoms with Gasteiger partial charge in [0, 0.05) is 25.9 Å². The highest BCUT2D eigenvalue weighted by atomic mass is 28.4. The molecule has 0 aliphatic carbocycles. The minimum atomic E-state index is -2.46. The Morgan fingerprint density at radius 1 is 1.00 bits per heavy atom. The Balaban J connectivity index is 4.12. The van der Waals surface area contributed by atoms with Gasteiger partial charge >= 0.3 is 8.80 Å². The Kier molecular flexibility index (Phi) is 10.9. The molecule has 18 heavy (non-hydrogen) atoms. The van der Waals surface area contributed by atoms with Crippen LogP contribution in [0, 0.1) is 0 Å². The molecule has 110 valence electrons. The molecule has 0 aliphatic rings. The molecule has 5 nitrogen and oxygen atoms in total. The summed E-state index contributed by atoms with van der Waals surface area (Å²) in [6.45, 7) is 10.8. The van der Waals surface area contributed by atoms with Crippen molar-refractivity contribution < 1.29 is 13.3 Å². The zero-order valence-corrected chi connectivity index (χ0v) is 13.3. The second-order valence-corrected chi connectivity index (χ2v) is 6.79. The van der Waals surface area contributed by atoms with Crippen LogP contribution in [0.3, 0.4) is 0 Å². The summed E-state index contributed by atoms with van der Waals surface area (Å²) in [6, 6.07) is 0.839. The third-order valence-electron chi connectivity index (χ3n) is 2.60. The quantitative estimate of drug-likeness (QED) is 0.323. The summed E-state index contributed by atoms with van der Waals surface area (Å²) < 4.78 is 17.3. The van der Waals surface area contributed by atoms with Crippen LogP contribution in [0.4, 0.5) is 0 Å². The van der Waals surface area contributed by atoms with Crippen LogP contribution in [0.25, 0.3) is 0 Å². The van der Waals surface area contributed by atoms with Gasteiger partial charge in [-0.15, -0.1) is 0 Å². The van der Waals surface area contributed by atoms with Crippen molar-refractivity contribution in [2.75, 3.05) is 26.4 Å². The lowest BCUT2D eigenvalue weighted by Gasteiger charge is -2.28. The van der Waals surface area contributed by atoms with Crippen molar-refractivity contribution in [3.05, 3.63) is 0 Å². The van der Waals surface area contributed by atoms with Gasteiger partial charge in [-0.3, -0.25) is 0 Å². The molecule has 0 saturated heterocycles. The SMILES string of the molecule is CCO[Si](CCCNC(N)CC)(OCC)OCC. The van der Waals surface area contributed by atoms with Gasteiger partial charge in [-0.05, 0) is 40.2 Å². The Labute approximate surface area is 113 Å². The lowest BCUT2D eigenvalue weighted by molar-refractivity contribution is 0.0707. The van der Waals surface area contributed by atoms with Crippen LogP contribution >= 0.6 is 0 Å². The molecule has 1 unspecified atom stereocenters. The Hall–Kier alpha value is 0.0169.